The van der Waals surface area contributed by atoms with Gasteiger partial charge in [0, 0.05) is 33.2 Å². The third-order valence-corrected chi connectivity index (χ3v) is 3.51. The lowest BCUT2D eigenvalue weighted by Crippen LogP contribution is -2.06. The Labute approximate surface area is 120 Å². The predicted molar refractivity (Wildman–Crippen MR) is 80.6 cm³/mol. The Bertz CT molecular complexity index is 488. The number of pyridine rings is 1. The number of hydrogen-bond donors (Lipinski definition) is 1. The molecular weight excluding hydrogens is 347 g/mol. The molecule has 0 radical (unpaired) electrons. The molecule has 2 aromatic rings. The summed E-state index contributed by atoms with van der Waals surface area (Å²) in [7, 11) is 0. The molecule has 1 aromatic heterocycles. The Hall–Kier alpha value is -0.810. The third kappa shape index (κ3) is 3.85. The molecule has 0 bridgehead atoms. The summed E-state index contributed by atoms with van der Waals surface area (Å²) in [4.78, 5) is 4.09. The minimum Gasteiger partial charge on any atom is -0.384 e. The Morgan fingerprint density at radius 2 is 2.18 bits per heavy atom. The van der Waals surface area contributed by atoms with Gasteiger partial charge >= 0.3 is 0 Å². The Morgan fingerprint density at radius 3 is 2.88 bits per heavy atom. The number of hydrogen-bond acceptors (Lipinski definition) is 2. The summed E-state index contributed by atoms with van der Waals surface area (Å²) in [6, 6.07) is 9.90. The highest BCUT2D eigenvalue weighted by Gasteiger charge is 1.99. The number of aromatic nitrogens is 1. The van der Waals surface area contributed by atoms with Crippen LogP contribution in [0.3, 0.4) is 0 Å². The summed E-state index contributed by atoms with van der Waals surface area (Å²) >= 11 is 8.19. The topological polar surface area (TPSA) is 24.9 Å². The quantitative estimate of drug-likeness (QED) is 0.836. The van der Waals surface area contributed by atoms with E-state index in [-0.39, 0.29) is 0 Å². The van der Waals surface area contributed by atoms with Crippen LogP contribution in [0.25, 0.3) is 0 Å². The summed E-state index contributed by atoms with van der Waals surface area (Å²) in [5, 5.41) is 4.17. The molecule has 0 spiro atoms. The van der Waals surface area contributed by atoms with Gasteiger partial charge in [-0.05, 0) is 58.8 Å². The molecule has 0 saturated carbocycles. The molecule has 0 aliphatic rings. The zero-order valence-corrected chi connectivity index (χ0v) is 12.1. The lowest BCUT2D eigenvalue weighted by Gasteiger charge is -2.08. The number of anilines is 1. The van der Waals surface area contributed by atoms with Gasteiger partial charge in [0.1, 0.15) is 0 Å². The number of benzene rings is 1. The highest BCUT2D eigenvalue weighted by Crippen LogP contribution is 2.22. The molecule has 4 heteroatoms. The average molecular weight is 359 g/mol. The minimum atomic E-state index is 0.771. The summed E-state index contributed by atoms with van der Waals surface area (Å²) < 4.78 is 1.14. The second kappa shape index (κ2) is 6.21. The van der Waals surface area contributed by atoms with E-state index in [1.165, 1.54) is 5.56 Å². The van der Waals surface area contributed by atoms with Crippen LogP contribution in [-0.4, -0.2) is 11.5 Å². The zero-order valence-electron chi connectivity index (χ0n) is 9.16. The molecule has 1 aromatic carbocycles. The van der Waals surface area contributed by atoms with E-state index in [2.05, 4.69) is 39.0 Å². The van der Waals surface area contributed by atoms with Gasteiger partial charge in [-0.1, -0.05) is 17.7 Å². The van der Waals surface area contributed by atoms with Crippen molar-refractivity contribution in [1.82, 2.24) is 4.98 Å². The van der Waals surface area contributed by atoms with Crippen LogP contribution in [0.4, 0.5) is 5.69 Å². The first kappa shape index (κ1) is 12.6. The number of rotatable bonds is 4. The Kier molecular flexibility index (Phi) is 4.62. The first-order chi connectivity index (χ1) is 8.25. The van der Waals surface area contributed by atoms with Crippen molar-refractivity contribution in [1.29, 1.82) is 0 Å². The van der Waals surface area contributed by atoms with Gasteiger partial charge in [0.2, 0.25) is 0 Å². The van der Waals surface area contributed by atoms with Gasteiger partial charge in [-0.25, -0.2) is 0 Å². The van der Waals surface area contributed by atoms with Gasteiger partial charge in [-0.3, -0.25) is 4.98 Å². The normalized spacial score (nSPS) is 10.2. The van der Waals surface area contributed by atoms with Crippen molar-refractivity contribution in [3.63, 3.8) is 0 Å². The number of nitrogens with zero attached hydrogens (tertiary/aromatic N) is 1. The molecule has 0 amide bonds. The molecular formula is C13H12ClIN2. The molecule has 17 heavy (non-hydrogen) atoms. The maximum absolute atomic E-state index is 5.91. The van der Waals surface area contributed by atoms with Gasteiger partial charge < -0.3 is 5.32 Å². The van der Waals surface area contributed by atoms with Crippen LogP contribution in [0.15, 0.2) is 42.7 Å². The highest BCUT2D eigenvalue weighted by atomic mass is 127. The first-order valence-corrected chi connectivity index (χ1v) is 6.79. The van der Waals surface area contributed by atoms with Gasteiger partial charge in [0.25, 0.3) is 0 Å². The third-order valence-electron chi connectivity index (χ3n) is 2.38. The lowest BCUT2D eigenvalue weighted by molar-refractivity contribution is 1.00. The van der Waals surface area contributed by atoms with Crippen molar-refractivity contribution in [3.05, 3.63) is 56.9 Å². The summed E-state index contributed by atoms with van der Waals surface area (Å²) in [5.74, 6) is 0. The Balaban J connectivity index is 1.90. The zero-order chi connectivity index (χ0) is 12.1. The molecule has 0 aliphatic carbocycles. The molecule has 2 rings (SSSR count). The van der Waals surface area contributed by atoms with Crippen LogP contribution < -0.4 is 5.32 Å². The molecule has 0 fully saturated rings. The van der Waals surface area contributed by atoms with Crippen molar-refractivity contribution in [2.24, 2.45) is 0 Å². The van der Waals surface area contributed by atoms with E-state index in [0.29, 0.717) is 0 Å². The molecule has 0 aliphatic heterocycles. The molecule has 1 heterocycles. The minimum absolute atomic E-state index is 0.771. The maximum Gasteiger partial charge on any atom is 0.0477 e. The molecule has 0 unspecified atom stereocenters. The van der Waals surface area contributed by atoms with Crippen LogP contribution in [0.5, 0.6) is 0 Å². The van der Waals surface area contributed by atoms with Crippen molar-refractivity contribution >= 4 is 39.9 Å². The maximum atomic E-state index is 5.91. The van der Waals surface area contributed by atoms with Gasteiger partial charge in [-0.15, -0.1) is 0 Å². The molecule has 0 atom stereocenters. The summed E-state index contributed by atoms with van der Waals surface area (Å²) in [6.45, 7) is 0.892. The Morgan fingerprint density at radius 1 is 1.29 bits per heavy atom. The van der Waals surface area contributed by atoms with E-state index in [1.54, 1.807) is 6.20 Å². The van der Waals surface area contributed by atoms with E-state index < -0.39 is 0 Å². The van der Waals surface area contributed by atoms with Crippen LogP contribution in [-0.2, 0) is 6.42 Å². The van der Waals surface area contributed by atoms with Crippen LogP contribution in [0.2, 0.25) is 5.02 Å². The standard InChI is InChI=1S/C13H12ClIN2/c14-11-3-4-13(12(15)8-11)17-7-5-10-2-1-6-16-9-10/h1-4,6,8-9,17H,5,7H2. The van der Waals surface area contributed by atoms with Gasteiger partial charge in [0.15, 0.2) is 0 Å². The first-order valence-electron chi connectivity index (χ1n) is 5.33. The smallest absolute Gasteiger partial charge is 0.0477 e. The van der Waals surface area contributed by atoms with Crippen molar-refractivity contribution < 1.29 is 0 Å². The van der Waals surface area contributed by atoms with E-state index in [4.69, 9.17) is 11.6 Å². The number of nitrogens with one attached hydrogen (secondary N) is 1. The predicted octanol–water partition coefficient (Wildman–Crippen LogP) is 3.99. The largest absolute Gasteiger partial charge is 0.384 e. The molecule has 0 saturated heterocycles. The van der Waals surface area contributed by atoms with Crippen molar-refractivity contribution in [3.8, 4) is 0 Å². The van der Waals surface area contributed by atoms with Crippen LogP contribution >= 0.6 is 34.2 Å². The number of halogens is 2. The fourth-order valence-electron chi connectivity index (χ4n) is 1.52. The van der Waals surface area contributed by atoms with Crippen LogP contribution in [0, 0.1) is 3.57 Å². The van der Waals surface area contributed by atoms with Gasteiger partial charge in [0.05, 0.1) is 0 Å². The highest BCUT2D eigenvalue weighted by molar-refractivity contribution is 14.1. The molecule has 88 valence electrons. The second-order valence-electron chi connectivity index (χ2n) is 3.66. The fourth-order valence-corrected chi connectivity index (χ4v) is 2.58. The van der Waals surface area contributed by atoms with E-state index in [9.17, 15) is 0 Å². The van der Waals surface area contributed by atoms with E-state index >= 15 is 0 Å². The fraction of sp³-hybridized carbons (Fsp3) is 0.154. The summed E-state index contributed by atoms with van der Waals surface area (Å²) in [6.07, 6.45) is 4.65. The molecule has 2 nitrogen and oxygen atoms in total. The van der Waals surface area contributed by atoms with E-state index in [1.807, 2.05) is 30.5 Å². The second-order valence-corrected chi connectivity index (χ2v) is 5.26. The van der Waals surface area contributed by atoms with Crippen molar-refractivity contribution in [2.75, 3.05) is 11.9 Å². The lowest BCUT2D eigenvalue weighted by atomic mass is 10.2. The molecule has 1 N–H and O–H groups in total. The van der Waals surface area contributed by atoms with E-state index in [0.717, 1.165) is 27.2 Å². The summed E-state index contributed by atoms with van der Waals surface area (Å²) in [5.41, 5.74) is 2.36. The van der Waals surface area contributed by atoms with Crippen LogP contribution in [0.1, 0.15) is 5.56 Å². The monoisotopic (exact) mass is 358 g/mol. The SMILES string of the molecule is Clc1ccc(NCCc2cccnc2)c(I)c1. The van der Waals surface area contributed by atoms with Gasteiger partial charge in [-0.2, -0.15) is 0 Å². The average Bonchev–Trinajstić information content (AvgIpc) is 2.33. The van der Waals surface area contributed by atoms with Crippen molar-refractivity contribution in [2.45, 2.75) is 6.42 Å².